The van der Waals surface area contributed by atoms with E-state index < -0.39 is 0 Å². The molecule has 4 unspecified atom stereocenters. The maximum absolute atomic E-state index is 6.06. The van der Waals surface area contributed by atoms with Crippen molar-refractivity contribution in [1.29, 1.82) is 0 Å². The first kappa shape index (κ1) is 12.0. The summed E-state index contributed by atoms with van der Waals surface area (Å²) < 4.78 is 6.06. The molecule has 2 aliphatic carbocycles. The lowest BCUT2D eigenvalue weighted by Crippen LogP contribution is -2.40. The third kappa shape index (κ3) is 2.16. The van der Waals surface area contributed by atoms with E-state index in [9.17, 15) is 0 Å². The van der Waals surface area contributed by atoms with Crippen LogP contribution in [0.2, 0.25) is 0 Å². The van der Waals surface area contributed by atoms with Gasteiger partial charge in [-0.2, -0.15) is 0 Å². The predicted molar refractivity (Wildman–Crippen MR) is 70.9 cm³/mol. The lowest BCUT2D eigenvalue weighted by Gasteiger charge is -2.46. The Kier molecular flexibility index (Phi) is 3.23. The van der Waals surface area contributed by atoms with Crippen LogP contribution in [0.4, 0.5) is 0 Å². The molecule has 3 aliphatic rings. The van der Waals surface area contributed by atoms with E-state index in [4.69, 9.17) is 4.74 Å². The molecule has 1 aliphatic heterocycles. The second-order valence-corrected chi connectivity index (χ2v) is 7.24. The molecule has 2 saturated carbocycles. The molecule has 0 amide bonds. The number of fused-ring (bicyclic) bond motifs is 1. The van der Waals surface area contributed by atoms with Crippen LogP contribution in [0.3, 0.4) is 0 Å². The van der Waals surface area contributed by atoms with Gasteiger partial charge in [-0.3, -0.25) is 0 Å². The third-order valence-corrected chi connectivity index (χ3v) is 6.09. The molecule has 1 saturated heterocycles. The highest BCUT2D eigenvalue weighted by Gasteiger charge is 2.46. The molecule has 0 aromatic carbocycles. The van der Waals surface area contributed by atoms with Crippen molar-refractivity contribution in [1.82, 2.24) is 0 Å². The average molecular weight is 236 g/mol. The van der Waals surface area contributed by atoms with Crippen molar-refractivity contribution in [3.8, 4) is 0 Å². The zero-order valence-electron chi connectivity index (χ0n) is 11.6. The van der Waals surface area contributed by atoms with Crippen LogP contribution in [0.25, 0.3) is 0 Å². The Morgan fingerprint density at radius 1 is 1.06 bits per heavy atom. The molecule has 0 N–H and O–H groups in total. The Morgan fingerprint density at radius 3 is 2.59 bits per heavy atom. The second kappa shape index (κ2) is 4.57. The van der Waals surface area contributed by atoms with Gasteiger partial charge >= 0.3 is 0 Å². The van der Waals surface area contributed by atoms with E-state index in [0.717, 1.165) is 24.4 Å². The lowest BCUT2D eigenvalue weighted by molar-refractivity contribution is -0.0213. The van der Waals surface area contributed by atoms with Gasteiger partial charge in [-0.15, -0.1) is 0 Å². The SMILES string of the molecule is CC1COC2CC(C)(C3CCCCC3)CCC12. The van der Waals surface area contributed by atoms with Gasteiger partial charge in [0.05, 0.1) is 6.10 Å². The third-order valence-electron chi connectivity index (χ3n) is 6.09. The van der Waals surface area contributed by atoms with E-state index in [1.54, 1.807) is 0 Å². The molecule has 17 heavy (non-hydrogen) atoms. The van der Waals surface area contributed by atoms with Crippen LogP contribution in [0.5, 0.6) is 0 Å². The Morgan fingerprint density at radius 2 is 1.82 bits per heavy atom. The van der Waals surface area contributed by atoms with Crippen LogP contribution in [-0.4, -0.2) is 12.7 Å². The van der Waals surface area contributed by atoms with Gasteiger partial charge in [-0.25, -0.2) is 0 Å². The smallest absolute Gasteiger partial charge is 0.0612 e. The monoisotopic (exact) mass is 236 g/mol. The highest BCUT2D eigenvalue weighted by molar-refractivity contribution is 4.96. The molecule has 0 radical (unpaired) electrons. The summed E-state index contributed by atoms with van der Waals surface area (Å²) in [7, 11) is 0. The first-order chi connectivity index (χ1) is 8.19. The zero-order chi connectivity index (χ0) is 11.9. The summed E-state index contributed by atoms with van der Waals surface area (Å²) in [6.45, 7) is 5.97. The first-order valence-electron chi connectivity index (χ1n) is 7.81. The van der Waals surface area contributed by atoms with Crippen molar-refractivity contribution in [3.63, 3.8) is 0 Å². The van der Waals surface area contributed by atoms with Crippen LogP contribution >= 0.6 is 0 Å². The van der Waals surface area contributed by atoms with Crippen molar-refractivity contribution in [2.75, 3.05) is 6.61 Å². The largest absolute Gasteiger partial charge is 0.378 e. The molecule has 3 rings (SSSR count). The molecule has 1 nitrogen and oxygen atoms in total. The molecule has 98 valence electrons. The summed E-state index contributed by atoms with van der Waals surface area (Å²) in [6, 6.07) is 0. The summed E-state index contributed by atoms with van der Waals surface area (Å²) in [6.07, 6.45) is 12.3. The minimum Gasteiger partial charge on any atom is -0.378 e. The van der Waals surface area contributed by atoms with E-state index in [1.165, 1.54) is 51.4 Å². The van der Waals surface area contributed by atoms with Crippen LogP contribution in [0, 0.1) is 23.2 Å². The maximum atomic E-state index is 6.06. The fourth-order valence-corrected chi connectivity index (χ4v) is 4.80. The topological polar surface area (TPSA) is 9.23 Å². The second-order valence-electron chi connectivity index (χ2n) is 7.24. The molecule has 0 bridgehead atoms. The Hall–Kier alpha value is -0.0400. The quantitative estimate of drug-likeness (QED) is 0.655. The number of rotatable bonds is 1. The van der Waals surface area contributed by atoms with Gasteiger partial charge in [-0.1, -0.05) is 33.1 Å². The highest BCUT2D eigenvalue weighted by Crippen LogP contribution is 2.52. The number of ether oxygens (including phenoxy) is 1. The molecular weight excluding hydrogens is 208 g/mol. The van der Waals surface area contributed by atoms with Gasteiger partial charge in [0, 0.05) is 6.61 Å². The van der Waals surface area contributed by atoms with Crippen LogP contribution in [0.1, 0.15) is 65.2 Å². The number of hydrogen-bond donors (Lipinski definition) is 0. The average Bonchev–Trinajstić information content (AvgIpc) is 2.71. The van der Waals surface area contributed by atoms with Gasteiger partial charge in [-0.05, 0) is 55.3 Å². The standard InChI is InChI=1S/C16H28O/c1-12-11-17-15-10-16(2,9-8-14(12)15)13-6-4-3-5-7-13/h12-15H,3-11H2,1-2H3. The van der Waals surface area contributed by atoms with E-state index in [1.807, 2.05) is 0 Å². The molecular formula is C16H28O. The van der Waals surface area contributed by atoms with Gasteiger partial charge in [0.2, 0.25) is 0 Å². The van der Waals surface area contributed by atoms with E-state index in [2.05, 4.69) is 13.8 Å². The molecule has 0 aromatic heterocycles. The van der Waals surface area contributed by atoms with Crippen LogP contribution in [-0.2, 0) is 4.74 Å². The fraction of sp³-hybridized carbons (Fsp3) is 1.00. The van der Waals surface area contributed by atoms with Crippen molar-refractivity contribution >= 4 is 0 Å². The van der Waals surface area contributed by atoms with Gasteiger partial charge < -0.3 is 4.74 Å². The zero-order valence-corrected chi connectivity index (χ0v) is 11.6. The minimum absolute atomic E-state index is 0.602. The predicted octanol–water partition coefficient (Wildman–Crippen LogP) is 4.41. The molecule has 3 fully saturated rings. The summed E-state index contributed by atoms with van der Waals surface area (Å²) in [5.41, 5.74) is 0.603. The molecule has 0 aromatic rings. The fourth-order valence-electron chi connectivity index (χ4n) is 4.80. The summed E-state index contributed by atoms with van der Waals surface area (Å²) >= 11 is 0. The van der Waals surface area contributed by atoms with Gasteiger partial charge in [0.15, 0.2) is 0 Å². The molecule has 0 spiro atoms. The van der Waals surface area contributed by atoms with Gasteiger partial charge in [0.1, 0.15) is 0 Å². The normalized spacial score (nSPS) is 48.0. The maximum Gasteiger partial charge on any atom is 0.0612 e. The Bertz CT molecular complexity index is 269. The summed E-state index contributed by atoms with van der Waals surface area (Å²) in [4.78, 5) is 0. The highest BCUT2D eigenvalue weighted by atomic mass is 16.5. The van der Waals surface area contributed by atoms with Crippen LogP contribution in [0.15, 0.2) is 0 Å². The summed E-state index contributed by atoms with van der Waals surface area (Å²) in [5.74, 6) is 2.69. The number of hydrogen-bond acceptors (Lipinski definition) is 1. The van der Waals surface area contributed by atoms with E-state index in [-0.39, 0.29) is 0 Å². The Labute approximate surface area is 106 Å². The molecule has 1 heterocycles. The minimum atomic E-state index is 0.602. The molecule has 1 heteroatoms. The Balaban J connectivity index is 1.68. The first-order valence-corrected chi connectivity index (χ1v) is 7.81. The van der Waals surface area contributed by atoms with Crippen molar-refractivity contribution in [3.05, 3.63) is 0 Å². The van der Waals surface area contributed by atoms with E-state index >= 15 is 0 Å². The van der Waals surface area contributed by atoms with E-state index in [0.29, 0.717) is 11.5 Å². The van der Waals surface area contributed by atoms with Crippen molar-refractivity contribution in [2.24, 2.45) is 23.2 Å². The van der Waals surface area contributed by atoms with Crippen molar-refractivity contribution < 1.29 is 4.74 Å². The lowest BCUT2D eigenvalue weighted by atomic mass is 9.59. The summed E-state index contributed by atoms with van der Waals surface area (Å²) in [5, 5.41) is 0. The molecule has 4 atom stereocenters. The van der Waals surface area contributed by atoms with Crippen LogP contribution < -0.4 is 0 Å². The van der Waals surface area contributed by atoms with Gasteiger partial charge in [0.25, 0.3) is 0 Å². The van der Waals surface area contributed by atoms with Crippen molar-refractivity contribution in [2.45, 2.75) is 71.3 Å².